The Balaban J connectivity index is 1.30. The topological polar surface area (TPSA) is 3.24 Å². The van der Waals surface area contributed by atoms with Crippen LogP contribution in [0.15, 0.2) is 164 Å². The van der Waals surface area contributed by atoms with E-state index in [1.807, 2.05) is 0 Å². The van der Waals surface area contributed by atoms with E-state index < -0.39 is 0 Å². The first kappa shape index (κ1) is 28.7. The number of nitrogens with zero attached hydrogens (tertiary/aromatic N) is 1. The fourth-order valence-corrected chi connectivity index (χ4v) is 5.77. The van der Waals surface area contributed by atoms with Gasteiger partial charge in [-0.2, -0.15) is 0 Å². The Bertz CT molecular complexity index is 1920. The molecule has 6 rings (SSSR count). The lowest BCUT2D eigenvalue weighted by Gasteiger charge is -2.26. The average molecular weight is 568 g/mol. The molecule has 0 bridgehead atoms. The molecule has 1 nitrogen and oxygen atoms in total. The van der Waals surface area contributed by atoms with Gasteiger partial charge in [0.25, 0.3) is 0 Å². The molecule has 0 amide bonds. The monoisotopic (exact) mass is 567 g/mol. The molecule has 0 saturated carbocycles. The maximum absolute atomic E-state index is 4.50. The van der Waals surface area contributed by atoms with Gasteiger partial charge in [-0.1, -0.05) is 134 Å². The summed E-state index contributed by atoms with van der Waals surface area (Å²) in [5, 5.41) is 0. The van der Waals surface area contributed by atoms with Crippen molar-refractivity contribution >= 4 is 28.6 Å². The molecule has 1 aliphatic heterocycles. The smallest absolute Gasteiger partial charge is 0.0533 e. The molecular weight excluding hydrogens is 530 g/mol. The van der Waals surface area contributed by atoms with Crippen molar-refractivity contribution in [3.8, 4) is 11.1 Å². The zero-order valence-corrected chi connectivity index (χ0v) is 25.4. The van der Waals surface area contributed by atoms with E-state index in [0.717, 1.165) is 40.1 Å². The van der Waals surface area contributed by atoms with Crippen molar-refractivity contribution in [2.75, 3.05) is 4.90 Å². The zero-order chi connectivity index (χ0) is 30.3. The first-order valence-corrected chi connectivity index (χ1v) is 15.2. The van der Waals surface area contributed by atoms with Gasteiger partial charge in [0.15, 0.2) is 0 Å². The predicted octanol–water partition coefficient (Wildman–Crippen LogP) is 11.5. The molecule has 0 saturated heterocycles. The highest BCUT2D eigenvalue weighted by Crippen LogP contribution is 2.38. The van der Waals surface area contributed by atoms with E-state index >= 15 is 0 Å². The largest absolute Gasteiger partial charge is 0.317 e. The highest BCUT2D eigenvalue weighted by Gasteiger charge is 2.16. The molecule has 0 aliphatic carbocycles. The number of hydrogen-bond donors (Lipinski definition) is 0. The van der Waals surface area contributed by atoms with E-state index in [1.54, 1.807) is 0 Å². The van der Waals surface area contributed by atoms with Crippen LogP contribution >= 0.6 is 0 Å². The molecule has 1 heteroatoms. The van der Waals surface area contributed by atoms with Crippen LogP contribution in [0.4, 0.5) is 11.4 Å². The molecule has 5 aromatic rings. The van der Waals surface area contributed by atoms with Gasteiger partial charge in [-0.3, -0.25) is 0 Å². The number of hydrogen-bond acceptors (Lipinski definition) is 1. The lowest BCUT2D eigenvalue weighted by Crippen LogP contribution is -2.12. The molecule has 1 heterocycles. The van der Waals surface area contributed by atoms with Gasteiger partial charge in [-0.05, 0) is 101 Å². The van der Waals surface area contributed by atoms with Crippen LogP contribution in [0.5, 0.6) is 0 Å². The first-order valence-electron chi connectivity index (χ1n) is 15.2. The van der Waals surface area contributed by atoms with Crippen LogP contribution in [0.1, 0.15) is 33.4 Å². The molecule has 0 fully saturated rings. The fourth-order valence-electron chi connectivity index (χ4n) is 5.77. The lowest BCUT2D eigenvalue weighted by molar-refractivity contribution is 1.27. The minimum atomic E-state index is 0.925. The molecular formula is C43H37N. The molecule has 0 N–H and O–H groups in total. The Morgan fingerprint density at radius 2 is 1.41 bits per heavy atom. The third kappa shape index (κ3) is 6.48. The van der Waals surface area contributed by atoms with Gasteiger partial charge in [-0.25, -0.2) is 0 Å². The third-order valence-electron chi connectivity index (χ3n) is 8.12. The van der Waals surface area contributed by atoms with Crippen molar-refractivity contribution in [3.63, 3.8) is 0 Å². The second-order valence-electron chi connectivity index (χ2n) is 11.2. The highest BCUT2D eigenvalue weighted by molar-refractivity contribution is 5.94. The lowest BCUT2D eigenvalue weighted by atomic mass is 9.91. The third-order valence-corrected chi connectivity index (χ3v) is 8.12. The minimum Gasteiger partial charge on any atom is -0.317 e. The van der Waals surface area contributed by atoms with Crippen molar-refractivity contribution in [2.24, 2.45) is 0 Å². The van der Waals surface area contributed by atoms with Gasteiger partial charge in [-0.15, -0.1) is 0 Å². The molecule has 0 unspecified atom stereocenters. The summed E-state index contributed by atoms with van der Waals surface area (Å²) in [6.07, 6.45) is 16.1. The summed E-state index contributed by atoms with van der Waals surface area (Å²) in [5.41, 5.74) is 14.2. The van der Waals surface area contributed by atoms with Crippen LogP contribution < -0.4 is 4.90 Å². The van der Waals surface area contributed by atoms with Crippen molar-refractivity contribution < 1.29 is 0 Å². The van der Waals surface area contributed by atoms with E-state index in [9.17, 15) is 0 Å². The van der Waals surface area contributed by atoms with Crippen molar-refractivity contribution in [1.82, 2.24) is 0 Å². The Hall–Kier alpha value is -5.40. The second-order valence-corrected chi connectivity index (χ2v) is 11.2. The van der Waals surface area contributed by atoms with Crippen LogP contribution in [0.25, 0.3) is 28.3 Å². The Morgan fingerprint density at radius 3 is 2.23 bits per heavy atom. The van der Waals surface area contributed by atoms with Crippen LogP contribution in [-0.4, -0.2) is 0 Å². The summed E-state index contributed by atoms with van der Waals surface area (Å²) in [7, 11) is 0. The number of aryl methyl sites for hydroxylation is 2. The molecule has 214 valence electrons. The first-order chi connectivity index (χ1) is 21.6. The normalized spacial score (nSPS) is 15.1. The van der Waals surface area contributed by atoms with E-state index in [0.29, 0.717) is 0 Å². The van der Waals surface area contributed by atoms with Gasteiger partial charge >= 0.3 is 0 Å². The number of benzene rings is 5. The number of anilines is 2. The standard InChI is InChI=1S/C43H37N/c1-32-15-10-11-22-40(32)41-26-25-37(29-33(41)2)38-27-28-44(43-24-13-12-23-42(43)34(3)30-38)39-21-14-20-36(31-39)19-9-5-8-18-35-16-6-4-7-17-35/h4-17,19-31H,3,18H2,1-2H3/b8-5-,19-9+,28-27-,38-30+. The molecule has 44 heavy (non-hydrogen) atoms. The SMILES string of the molecule is C=C1/C=C(c2ccc(-c3ccccc3C)c(C)c2)\C=C/N(c2cccc(/C=C/C=C\Cc3ccccc3)c2)c2ccccc21. The number of rotatable bonds is 7. The summed E-state index contributed by atoms with van der Waals surface area (Å²) in [4.78, 5) is 2.27. The van der Waals surface area contributed by atoms with E-state index in [1.165, 1.54) is 33.4 Å². The summed E-state index contributed by atoms with van der Waals surface area (Å²) in [6.45, 7) is 8.87. The molecule has 0 aromatic heterocycles. The quantitative estimate of drug-likeness (QED) is 0.177. The second kappa shape index (κ2) is 13.3. The maximum Gasteiger partial charge on any atom is 0.0533 e. The van der Waals surface area contributed by atoms with Gasteiger partial charge in [0.1, 0.15) is 0 Å². The maximum atomic E-state index is 4.50. The van der Waals surface area contributed by atoms with Crippen LogP contribution in [0, 0.1) is 13.8 Å². The molecule has 1 aliphatic rings. The van der Waals surface area contributed by atoms with Crippen LogP contribution in [0.3, 0.4) is 0 Å². The van der Waals surface area contributed by atoms with Gasteiger partial charge in [0.2, 0.25) is 0 Å². The molecule has 0 atom stereocenters. The summed E-state index contributed by atoms with van der Waals surface area (Å²) in [6, 6.07) is 43.1. The Morgan fingerprint density at radius 1 is 0.659 bits per heavy atom. The van der Waals surface area contributed by atoms with Crippen molar-refractivity contribution in [1.29, 1.82) is 0 Å². The Kier molecular flexibility index (Phi) is 8.66. The molecule has 0 radical (unpaired) electrons. The summed E-state index contributed by atoms with van der Waals surface area (Å²) < 4.78 is 0. The van der Waals surface area contributed by atoms with Crippen LogP contribution in [0.2, 0.25) is 0 Å². The number of allylic oxidation sites excluding steroid dienone is 7. The minimum absolute atomic E-state index is 0.925. The zero-order valence-electron chi connectivity index (χ0n) is 25.4. The Labute approximate surface area is 262 Å². The van der Waals surface area contributed by atoms with Crippen molar-refractivity contribution in [3.05, 3.63) is 198 Å². The van der Waals surface area contributed by atoms with E-state index in [-0.39, 0.29) is 0 Å². The number of fused-ring (bicyclic) bond motifs is 1. The van der Waals surface area contributed by atoms with Gasteiger partial charge in [0, 0.05) is 17.5 Å². The fraction of sp³-hybridized carbons (Fsp3) is 0.0698. The molecule has 0 spiro atoms. The van der Waals surface area contributed by atoms with Gasteiger partial charge < -0.3 is 4.90 Å². The number of para-hydroxylation sites is 1. The average Bonchev–Trinajstić information content (AvgIpc) is 3.04. The van der Waals surface area contributed by atoms with E-state index in [2.05, 4.69) is 189 Å². The highest BCUT2D eigenvalue weighted by atomic mass is 15.1. The van der Waals surface area contributed by atoms with Gasteiger partial charge in [0.05, 0.1) is 5.69 Å². The molecule has 5 aromatic carbocycles. The summed E-state index contributed by atoms with van der Waals surface area (Å²) in [5.74, 6) is 0. The predicted molar refractivity (Wildman–Crippen MR) is 191 cm³/mol. The summed E-state index contributed by atoms with van der Waals surface area (Å²) >= 11 is 0. The van der Waals surface area contributed by atoms with Crippen LogP contribution in [-0.2, 0) is 6.42 Å². The van der Waals surface area contributed by atoms with Crippen molar-refractivity contribution in [2.45, 2.75) is 20.3 Å². The van der Waals surface area contributed by atoms with E-state index in [4.69, 9.17) is 0 Å².